The fourth-order valence-electron chi connectivity index (χ4n) is 4.20. The van der Waals surface area contributed by atoms with Crippen molar-refractivity contribution in [2.45, 2.75) is 19.5 Å². The number of nitrogens with zero attached hydrogens (tertiary/aromatic N) is 2. The van der Waals surface area contributed by atoms with E-state index < -0.39 is 0 Å². The monoisotopic (exact) mass is 352 g/mol. The van der Waals surface area contributed by atoms with Crippen molar-refractivity contribution >= 4 is 39.0 Å². The van der Waals surface area contributed by atoms with Crippen LogP contribution >= 0.6 is 0 Å². The Morgan fingerprint density at radius 2 is 1.22 bits per heavy atom. The predicted octanol–water partition coefficient (Wildman–Crippen LogP) is 5.65. The Hall–Kier alpha value is -3.33. The molecule has 3 nitrogen and oxygen atoms in total. The van der Waals surface area contributed by atoms with E-state index in [0.29, 0.717) is 0 Å². The summed E-state index contributed by atoms with van der Waals surface area (Å²) in [5.74, 6) is 0. The summed E-state index contributed by atoms with van der Waals surface area (Å²) in [5.41, 5.74) is 4.46. The Morgan fingerprint density at radius 1 is 0.667 bits per heavy atom. The first-order valence-corrected chi connectivity index (χ1v) is 9.36. The third-order valence-electron chi connectivity index (χ3n) is 5.41. The Bertz CT molecular complexity index is 1220. The molecule has 0 amide bonds. The van der Waals surface area contributed by atoms with Crippen molar-refractivity contribution in [3.05, 3.63) is 84.6 Å². The fraction of sp³-hybridized carbons (Fsp3) is 0.125. The van der Waals surface area contributed by atoms with E-state index in [1.165, 1.54) is 21.8 Å². The van der Waals surface area contributed by atoms with Crippen LogP contribution in [0.5, 0.6) is 0 Å². The minimum Gasteiger partial charge on any atom is -0.347 e. The van der Waals surface area contributed by atoms with Crippen LogP contribution < -0.4 is 0 Å². The van der Waals surface area contributed by atoms with E-state index in [4.69, 9.17) is 0 Å². The molecule has 2 heterocycles. The van der Waals surface area contributed by atoms with Crippen molar-refractivity contribution in [1.29, 1.82) is 0 Å². The van der Waals surface area contributed by atoms with Gasteiger partial charge in [0.1, 0.15) is 0 Å². The molecule has 3 aromatic carbocycles. The summed E-state index contributed by atoms with van der Waals surface area (Å²) in [6.45, 7) is 1.83. The zero-order valence-corrected chi connectivity index (χ0v) is 15.0. The maximum Gasteiger partial charge on any atom is 0.152 e. The number of hydrogen-bond donors (Lipinski definition) is 0. The van der Waals surface area contributed by atoms with E-state index in [2.05, 4.69) is 63.7 Å². The van der Waals surface area contributed by atoms with Crippen molar-refractivity contribution in [1.82, 2.24) is 9.13 Å². The molecule has 0 aliphatic heterocycles. The fourth-order valence-corrected chi connectivity index (χ4v) is 4.20. The van der Waals surface area contributed by atoms with Gasteiger partial charge in [-0.15, -0.1) is 0 Å². The quantitative estimate of drug-likeness (QED) is 0.375. The van der Waals surface area contributed by atoms with E-state index in [1.807, 2.05) is 24.4 Å². The van der Waals surface area contributed by atoms with E-state index >= 15 is 0 Å². The van der Waals surface area contributed by atoms with Gasteiger partial charge in [0.05, 0.1) is 0 Å². The molecule has 27 heavy (non-hydrogen) atoms. The second kappa shape index (κ2) is 6.44. The van der Waals surface area contributed by atoms with E-state index in [1.54, 1.807) is 0 Å². The van der Waals surface area contributed by atoms with Gasteiger partial charge in [-0.05, 0) is 24.6 Å². The van der Waals surface area contributed by atoms with Crippen LogP contribution in [0.4, 0.5) is 0 Å². The first-order chi connectivity index (χ1) is 13.4. The van der Waals surface area contributed by atoms with Crippen LogP contribution in [0.2, 0.25) is 0 Å². The van der Waals surface area contributed by atoms with Crippen molar-refractivity contribution in [2.75, 3.05) is 0 Å². The van der Waals surface area contributed by atoms with Crippen molar-refractivity contribution in [2.24, 2.45) is 0 Å². The number of aldehydes is 1. The van der Waals surface area contributed by atoms with Crippen molar-refractivity contribution in [3.8, 4) is 0 Å². The highest BCUT2D eigenvalue weighted by Gasteiger charge is 2.10. The maximum absolute atomic E-state index is 11.4. The summed E-state index contributed by atoms with van der Waals surface area (Å²) in [5, 5.41) is 3.65. The molecule has 0 fully saturated rings. The average Bonchev–Trinajstić information content (AvgIpc) is 3.25. The van der Waals surface area contributed by atoms with Crippen molar-refractivity contribution in [3.63, 3.8) is 0 Å². The molecule has 0 aliphatic rings. The number of benzene rings is 3. The normalized spacial score (nSPS) is 11.6. The summed E-state index contributed by atoms with van der Waals surface area (Å²) in [6.07, 6.45) is 3.93. The number of carbonyl (C=O) groups excluding carboxylic acids is 1. The van der Waals surface area contributed by atoms with Crippen LogP contribution in [-0.2, 0) is 13.1 Å². The number of hydrogen-bond acceptors (Lipinski definition) is 1. The number of aryl methyl sites for hydroxylation is 2. The summed E-state index contributed by atoms with van der Waals surface area (Å²) in [7, 11) is 0. The number of fused-ring (bicyclic) bond motifs is 4. The highest BCUT2D eigenvalue weighted by atomic mass is 16.1. The van der Waals surface area contributed by atoms with Crippen LogP contribution in [0.15, 0.2) is 79.0 Å². The molecule has 2 aromatic heterocycles. The van der Waals surface area contributed by atoms with E-state index in [-0.39, 0.29) is 0 Å². The third-order valence-corrected chi connectivity index (χ3v) is 5.41. The molecule has 0 saturated heterocycles. The minimum absolute atomic E-state index is 0.766. The highest BCUT2D eigenvalue weighted by Crippen LogP contribution is 2.29. The third kappa shape index (κ3) is 2.55. The van der Waals surface area contributed by atoms with E-state index in [0.717, 1.165) is 42.3 Å². The second-order valence-corrected chi connectivity index (χ2v) is 6.95. The van der Waals surface area contributed by atoms with Crippen LogP contribution in [0, 0.1) is 0 Å². The lowest BCUT2D eigenvalue weighted by Crippen LogP contribution is -2.03. The van der Waals surface area contributed by atoms with E-state index in [9.17, 15) is 4.79 Å². The van der Waals surface area contributed by atoms with Crippen molar-refractivity contribution < 1.29 is 4.79 Å². The number of rotatable bonds is 5. The molecule has 0 spiro atoms. The Kier molecular flexibility index (Phi) is 3.79. The van der Waals surface area contributed by atoms with Gasteiger partial charge in [-0.25, -0.2) is 0 Å². The van der Waals surface area contributed by atoms with Gasteiger partial charge in [-0.2, -0.15) is 0 Å². The predicted molar refractivity (Wildman–Crippen MR) is 111 cm³/mol. The molecule has 0 aliphatic carbocycles. The zero-order chi connectivity index (χ0) is 18.2. The molecule has 5 rings (SSSR count). The Morgan fingerprint density at radius 3 is 1.85 bits per heavy atom. The highest BCUT2D eigenvalue weighted by molar-refractivity contribution is 6.07. The average molecular weight is 352 g/mol. The molecule has 0 bridgehead atoms. The van der Waals surface area contributed by atoms with Gasteiger partial charge in [0.15, 0.2) is 6.29 Å². The molecule has 132 valence electrons. The lowest BCUT2D eigenvalue weighted by molar-refractivity contribution is 0.112. The molecular formula is C24H20N2O. The first-order valence-electron chi connectivity index (χ1n) is 9.36. The van der Waals surface area contributed by atoms with Gasteiger partial charge in [-0.1, -0.05) is 54.6 Å². The Balaban J connectivity index is 1.48. The lowest BCUT2D eigenvalue weighted by atomic mass is 10.2. The molecule has 0 N–H and O–H groups in total. The second-order valence-electron chi connectivity index (χ2n) is 6.95. The molecule has 0 saturated carbocycles. The topological polar surface area (TPSA) is 26.9 Å². The first kappa shape index (κ1) is 15.9. The van der Waals surface area contributed by atoms with Gasteiger partial charge < -0.3 is 9.13 Å². The van der Waals surface area contributed by atoms with Gasteiger partial charge in [-0.3, -0.25) is 4.79 Å². The number of para-hydroxylation sites is 3. The van der Waals surface area contributed by atoms with Gasteiger partial charge >= 0.3 is 0 Å². The lowest BCUT2D eigenvalue weighted by Gasteiger charge is -2.09. The molecule has 0 unspecified atom stereocenters. The molecule has 3 heteroatoms. The Labute approximate surface area is 157 Å². The SMILES string of the molecule is O=Cc1cn(CCCn2c3ccccc3c3ccccc32)c2ccccc12. The maximum atomic E-state index is 11.4. The number of carbonyl (C=O) groups is 1. The summed E-state index contributed by atoms with van der Waals surface area (Å²) in [4.78, 5) is 11.4. The van der Waals surface area contributed by atoms with Crippen LogP contribution in [0.1, 0.15) is 16.8 Å². The smallest absolute Gasteiger partial charge is 0.152 e. The zero-order valence-electron chi connectivity index (χ0n) is 15.0. The molecular weight excluding hydrogens is 332 g/mol. The van der Waals surface area contributed by atoms with Crippen LogP contribution in [-0.4, -0.2) is 15.4 Å². The molecule has 0 radical (unpaired) electrons. The van der Waals surface area contributed by atoms with Gasteiger partial charge in [0.25, 0.3) is 0 Å². The largest absolute Gasteiger partial charge is 0.347 e. The standard InChI is InChI=1S/C24H20N2O/c27-17-18-16-25(22-11-4-1-8-19(18)22)14-7-15-26-23-12-5-2-9-20(23)21-10-3-6-13-24(21)26/h1-6,8-13,16-17H,7,14-15H2. The van der Waals surface area contributed by atoms with Gasteiger partial charge in [0, 0.05) is 57.6 Å². The van der Waals surface area contributed by atoms with Crippen LogP contribution in [0.25, 0.3) is 32.7 Å². The molecule has 0 atom stereocenters. The minimum atomic E-state index is 0.766. The summed E-state index contributed by atoms with van der Waals surface area (Å²) in [6, 6.07) is 25.3. The van der Waals surface area contributed by atoms with Crippen LogP contribution in [0.3, 0.4) is 0 Å². The number of aromatic nitrogens is 2. The molecule has 5 aromatic rings. The summed E-state index contributed by atoms with van der Waals surface area (Å²) < 4.78 is 4.62. The summed E-state index contributed by atoms with van der Waals surface area (Å²) >= 11 is 0. The van der Waals surface area contributed by atoms with Gasteiger partial charge in [0.2, 0.25) is 0 Å².